The zero-order valence-electron chi connectivity index (χ0n) is 17.4. The lowest BCUT2D eigenvalue weighted by molar-refractivity contribution is -0.125. The molecular formula is C24H24N4O2S. The molecule has 1 aliphatic heterocycles. The van der Waals surface area contributed by atoms with Crippen molar-refractivity contribution < 1.29 is 9.21 Å². The summed E-state index contributed by atoms with van der Waals surface area (Å²) in [6, 6.07) is 12.3. The van der Waals surface area contributed by atoms with Gasteiger partial charge < -0.3 is 14.6 Å². The molecule has 0 radical (unpaired) electrons. The zero-order chi connectivity index (χ0) is 21.2. The highest BCUT2D eigenvalue weighted by molar-refractivity contribution is 7.17. The maximum Gasteiger partial charge on any atom is 0.223 e. The summed E-state index contributed by atoms with van der Waals surface area (Å²) < 4.78 is 5.30. The fourth-order valence-electron chi connectivity index (χ4n) is 4.13. The quantitative estimate of drug-likeness (QED) is 0.491. The number of amides is 1. The maximum atomic E-state index is 12.6. The number of carbonyl (C=O) groups is 1. The van der Waals surface area contributed by atoms with Gasteiger partial charge in [-0.2, -0.15) is 0 Å². The molecule has 31 heavy (non-hydrogen) atoms. The van der Waals surface area contributed by atoms with E-state index in [1.165, 1.54) is 16.7 Å². The highest BCUT2D eigenvalue weighted by Gasteiger charge is 2.27. The van der Waals surface area contributed by atoms with Crippen LogP contribution in [0.1, 0.15) is 24.2 Å². The second kappa shape index (κ2) is 8.51. The Bertz CT molecular complexity index is 1180. The van der Waals surface area contributed by atoms with Crippen molar-refractivity contribution in [1.29, 1.82) is 0 Å². The molecule has 7 heteroatoms. The Balaban J connectivity index is 1.32. The van der Waals surface area contributed by atoms with E-state index in [9.17, 15) is 4.79 Å². The van der Waals surface area contributed by atoms with E-state index in [4.69, 9.17) is 4.42 Å². The third-order valence-electron chi connectivity index (χ3n) is 5.90. The summed E-state index contributed by atoms with van der Waals surface area (Å²) >= 11 is 1.65. The maximum absolute atomic E-state index is 12.6. The van der Waals surface area contributed by atoms with E-state index in [1.807, 2.05) is 12.1 Å². The van der Waals surface area contributed by atoms with Gasteiger partial charge in [0.05, 0.1) is 18.2 Å². The number of rotatable bonds is 5. The Hall–Kier alpha value is -3.19. The number of benzene rings is 1. The van der Waals surface area contributed by atoms with Crippen LogP contribution in [0.15, 0.2) is 58.8 Å². The minimum absolute atomic E-state index is 0.0163. The molecule has 3 aromatic heterocycles. The molecule has 6 nitrogen and oxygen atoms in total. The summed E-state index contributed by atoms with van der Waals surface area (Å²) in [4.78, 5) is 25.0. The highest BCUT2D eigenvalue weighted by Crippen LogP contribution is 2.38. The van der Waals surface area contributed by atoms with Crippen molar-refractivity contribution in [2.45, 2.75) is 26.3 Å². The van der Waals surface area contributed by atoms with Gasteiger partial charge in [0.1, 0.15) is 22.7 Å². The number of nitrogens with zero attached hydrogens (tertiary/aromatic N) is 3. The zero-order valence-corrected chi connectivity index (χ0v) is 18.2. The number of thiophene rings is 1. The molecule has 0 bridgehead atoms. The van der Waals surface area contributed by atoms with Gasteiger partial charge in [0, 0.05) is 30.0 Å². The fourth-order valence-corrected chi connectivity index (χ4v) is 5.04. The smallest absolute Gasteiger partial charge is 0.223 e. The molecule has 1 aromatic carbocycles. The van der Waals surface area contributed by atoms with Crippen molar-refractivity contribution in [2.75, 3.05) is 18.0 Å². The summed E-state index contributed by atoms with van der Waals surface area (Å²) in [5.74, 6) is 1.86. The fraction of sp³-hybridized carbons (Fsp3) is 0.292. The van der Waals surface area contributed by atoms with Crippen LogP contribution in [0.25, 0.3) is 21.3 Å². The SMILES string of the molecule is Cc1ccc(-c2csc3ncnc(N4CCC(C(=O)NCc5ccco5)CC4)c23)cc1. The topological polar surface area (TPSA) is 71.3 Å². The molecule has 1 fully saturated rings. The molecule has 5 rings (SSSR count). The van der Waals surface area contributed by atoms with Crippen LogP contribution in [0.4, 0.5) is 5.82 Å². The van der Waals surface area contributed by atoms with Crippen molar-refractivity contribution in [2.24, 2.45) is 5.92 Å². The molecule has 1 amide bonds. The number of furan rings is 1. The number of fused-ring (bicyclic) bond motifs is 1. The molecule has 1 N–H and O–H groups in total. The summed E-state index contributed by atoms with van der Waals surface area (Å²) in [5, 5.41) is 6.27. The lowest BCUT2D eigenvalue weighted by atomic mass is 9.95. The second-order valence-corrected chi connectivity index (χ2v) is 8.81. The molecule has 0 spiro atoms. The first-order valence-electron chi connectivity index (χ1n) is 10.5. The lowest BCUT2D eigenvalue weighted by Gasteiger charge is -2.32. The van der Waals surface area contributed by atoms with E-state index in [-0.39, 0.29) is 11.8 Å². The molecule has 158 valence electrons. The predicted octanol–water partition coefficient (Wildman–Crippen LogP) is 4.79. The van der Waals surface area contributed by atoms with E-state index < -0.39 is 0 Å². The number of aromatic nitrogens is 2. The molecule has 0 atom stereocenters. The molecular weight excluding hydrogens is 408 g/mol. The van der Waals surface area contributed by atoms with Crippen LogP contribution >= 0.6 is 11.3 Å². The van der Waals surface area contributed by atoms with Crippen molar-refractivity contribution >= 4 is 33.3 Å². The van der Waals surface area contributed by atoms with Crippen LogP contribution in [0.3, 0.4) is 0 Å². The number of anilines is 1. The molecule has 0 unspecified atom stereocenters. The van der Waals surface area contributed by atoms with Crippen LogP contribution in [-0.2, 0) is 11.3 Å². The normalized spacial score (nSPS) is 14.8. The van der Waals surface area contributed by atoms with Gasteiger partial charge in [0.15, 0.2) is 0 Å². The molecule has 4 aromatic rings. The number of aryl methyl sites for hydroxylation is 1. The van der Waals surface area contributed by atoms with E-state index >= 15 is 0 Å². The average Bonchev–Trinajstić information content (AvgIpc) is 3.48. The van der Waals surface area contributed by atoms with Crippen LogP contribution < -0.4 is 10.2 Å². The van der Waals surface area contributed by atoms with Crippen LogP contribution in [-0.4, -0.2) is 29.0 Å². The first-order chi connectivity index (χ1) is 15.2. The van der Waals surface area contributed by atoms with Crippen molar-refractivity contribution in [1.82, 2.24) is 15.3 Å². The van der Waals surface area contributed by atoms with Crippen molar-refractivity contribution in [3.8, 4) is 11.1 Å². The van der Waals surface area contributed by atoms with Crippen molar-refractivity contribution in [3.05, 3.63) is 65.7 Å². The van der Waals surface area contributed by atoms with Gasteiger partial charge in [-0.1, -0.05) is 29.8 Å². The van der Waals surface area contributed by atoms with Gasteiger partial charge in [-0.05, 0) is 37.5 Å². The summed E-state index contributed by atoms with van der Waals surface area (Å²) in [6.07, 6.45) is 4.88. The minimum atomic E-state index is 0.0163. The average molecular weight is 433 g/mol. The molecule has 4 heterocycles. The molecule has 1 aliphatic rings. The Labute approximate surface area is 184 Å². The predicted molar refractivity (Wildman–Crippen MR) is 123 cm³/mol. The Kier molecular flexibility index (Phi) is 5.42. The van der Waals surface area contributed by atoms with Gasteiger partial charge in [0.2, 0.25) is 5.91 Å². The van der Waals surface area contributed by atoms with E-state index in [1.54, 1.807) is 23.9 Å². The van der Waals surface area contributed by atoms with E-state index in [0.717, 1.165) is 47.7 Å². The van der Waals surface area contributed by atoms with Crippen LogP contribution in [0.5, 0.6) is 0 Å². The third kappa shape index (κ3) is 4.05. The number of hydrogen-bond donors (Lipinski definition) is 1. The molecule has 0 saturated carbocycles. The first kappa shape index (κ1) is 19.8. The summed E-state index contributed by atoms with van der Waals surface area (Å²) in [6.45, 7) is 4.13. The van der Waals surface area contributed by atoms with Gasteiger partial charge in [-0.3, -0.25) is 4.79 Å². The number of carbonyl (C=O) groups excluding carboxylic acids is 1. The second-order valence-electron chi connectivity index (χ2n) is 7.95. The monoisotopic (exact) mass is 432 g/mol. The molecule has 0 aliphatic carbocycles. The van der Waals surface area contributed by atoms with E-state index in [2.05, 4.69) is 56.8 Å². The number of nitrogens with one attached hydrogen (secondary N) is 1. The van der Waals surface area contributed by atoms with Gasteiger partial charge in [-0.25, -0.2) is 9.97 Å². The summed E-state index contributed by atoms with van der Waals surface area (Å²) in [7, 11) is 0. The van der Waals surface area contributed by atoms with Crippen molar-refractivity contribution in [3.63, 3.8) is 0 Å². The Morgan fingerprint density at radius 1 is 1.19 bits per heavy atom. The van der Waals surface area contributed by atoms with Gasteiger partial charge in [-0.15, -0.1) is 11.3 Å². The number of hydrogen-bond acceptors (Lipinski definition) is 6. The molecule has 1 saturated heterocycles. The van der Waals surface area contributed by atoms with E-state index in [0.29, 0.717) is 6.54 Å². The highest BCUT2D eigenvalue weighted by atomic mass is 32.1. The summed E-state index contributed by atoms with van der Waals surface area (Å²) in [5.41, 5.74) is 3.60. The third-order valence-corrected chi connectivity index (χ3v) is 6.78. The first-order valence-corrected chi connectivity index (χ1v) is 11.4. The Morgan fingerprint density at radius 2 is 2.00 bits per heavy atom. The standard InChI is InChI=1S/C24H24N4O2S/c1-16-4-6-17(7-5-16)20-14-31-24-21(20)22(26-15-27-24)28-10-8-18(9-11-28)23(29)25-13-19-3-2-12-30-19/h2-7,12,14-15,18H,8-11,13H2,1H3,(H,25,29). The van der Waals surface area contributed by atoms with Crippen LogP contribution in [0, 0.1) is 12.8 Å². The van der Waals surface area contributed by atoms with Crippen LogP contribution in [0.2, 0.25) is 0 Å². The Morgan fingerprint density at radius 3 is 2.74 bits per heavy atom. The van der Waals surface area contributed by atoms with Gasteiger partial charge >= 0.3 is 0 Å². The minimum Gasteiger partial charge on any atom is -0.467 e. The van der Waals surface area contributed by atoms with Gasteiger partial charge in [0.25, 0.3) is 0 Å². The largest absolute Gasteiger partial charge is 0.467 e. The lowest BCUT2D eigenvalue weighted by Crippen LogP contribution is -2.40. The number of piperidine rings is 1.